The number of aromatic nitrogens is 5. The van der Waals surface area contributed by atoms with Gasteiger partial charge in [0.2, 0.25) is 0 Å². The van der Waals surface area contributed by atoms with Crippen molar-refractivity contribution >= 4 is 33.1 Å². The number of nitrogens with one attached hydrogen (secondary N) is 2. The first-order valence-electron chi connectivity index (χ1n) is 7.09. The predicted molar refractivity (Wildman–Crippen MR) is 92.1 cm³/mol. The number of nitrogens with two attached hydrogens (primary N) is 1. The van der Waals surface area contributed by atoms with Crippen molar-refractivity contribution in [1.82, 2.24) is 24.7 Å². The molecule has 0 saturated heterocycles. The van der Waals surface area contributed by atoms with Crippen molar-refractivity contribution < 1.29 is 0 Å². The zero-order valence-electron chi connectivity index (χ0n) is 12.4. The molecule has 0 spiro atoms. The Morgan fingerprint density at radius 2 is 2.30 bits per heavy atom. The number of fused-ring (bicyclic) bond motifs is 1. The molecule has 4 N–H and O–H groups in total. The average molecular weight is 325 g/mol. The van der Waals surface area contributed by atoms with Crippen molar-refractivity contribution in [3.63, 3.8) is 0 Å². The summed E-state index contributed by atoms with van der Waals surface area (Å²) in [5, 5.41) is 10.4. The number of nitrogens with zero attached hydrogens (tertiary/aromatic N) is 4. The van der Waals surface area contributed by atoms with E-state index in [1.807, 2.05) is 36.0 Å². The van der Waals surface area contributed by atoms with E-state index < -0.39 is 0 Å². The summed E-state index contributed by atoms with van der Waals surface area (Å²) in [6, 6.07) is 5.82. The summed E-state index contributed by atoms with van der Waals surface area (Å²) in [7, 11) is 1.95. The second-order valence-electron chi connectivity index (χ2n) is 5.27. The Morgan fingerprint density at radius 3 is 3.04 bits per heavy atom. The van der Waals surface area contributed by atoms with Gasteiger partial charge in [0.15, 0.2) is 0 Å². The van der Waals surface area contributed by atoms with E-state index in [4.69, 9.17) is 5.73 Å². The molecule has 0 aliphatic heterocycles. The molecule has 0 saturated carbocycles. The topological polar surface area (TPSA) is 97.4 Å². The Balaban J connectivity index is 1.70. The van der Waals surface area contributed by atoms with E-state index in [-0.39, 0.29) is 0 Å². The van der Waals surface area contributed by atoms with E-state index in [9.17, 15) is 0 Å². The number of hydrogen-bond donors (Lipinski definition) is 3. The van der Waals surface area contributed by atoms with Crippen molar-refractivity contribution in [3.05, 3.63) is 42.6 Å². The summed E-state index contributed by atoms with van der Waals surface area (Å²) in [6.07, 6.45) is 5.51. The highest BCUT2D eigenvalue weighted by molar-refractivity contribution is 7.22. The van der Waals surface area contributed by atoms with Gasteiger partial charge in [-0.3, -0.25) is 5.10 Å². The molecule has 0 bridgehead atoms. The third-order valence-corrected chi connectivity index (χ3v) is 4.67. The third kappa shape index (κ3) is 2.64. The van der Waals surface area contributed by atoms with Gasteiger partial charge in [0.25, 0.3) is 0 Å². The number of H-pyrrole nitrogens is 1. The molecule has 0 amide bonds. The molecular formula is C15H15N7S. The van der Waals surface area contributed by atoms with Crippen LogP contribution in [0.4, 0.5) is 11.5 Å². The third-order valence-electron chi connectivity index (χ3n) is 3.48. The van der Waals surface area contributed by atoms with Gasteiger partial charge < -0.3 is 15.6 Å². The van der Waals surface area contributed by atoms with Gasteiger partial charge in [-0.15, -0.1) is 11.3 Å². The number of hydrogen-bond acceptors (Lipinski definition) is 6. The van der Waals surface area contributed by atoms with Crippen molar-refractivity contribution in [2.45, 2.75) is 6.54 Å². The number of imidazole rings is 1. The van der Waals surface area contributed by atoms with Gasteiger partial charge in [-0.05, 0) is 12.1 Å². The molecule has 0 aliphatic carbocycles. The summed E-state index contributed by atoms with van der Waals surface area (Å²) in [5.41, 5.74) is 9.73. The molecule has 0 unspecified atom stereocenters. The Hall–Kier alpha value is -2.87. The largest absolute Gasteiger partial charge is 0.384 e. The first-order valence-corrected chi connectivity index (χ1v) is 7.91. The Kier molecular flexibility index (Phi) is 3.23. The summed E-state index contributed by atoms with van der Waals surface area (Å²) in [6.45, 7) is 0.636. The van der Waals surface area contributed by atoms with Crippen LogP contribution in [0, 0.1) is 0 Å². The molecule has 4 rings (SSSR count). The van der Waals surface area contributed by atoms with Gasteiger partial charge in [0, 0.05) is 25.5 Å². The number of thiophene rings is 1. The zero-order valence-corrected chi connectivity index (χ0v) is 13.3. The minimum Gasteiger partial charge on any atom is -0.384 e. The monoisotopic (exact) mass is 325 g/mol. The average Bonchev–Trinajstić information content (AvgIpc) is 3.24. The van der Waals surface area contributed by atoms with Crippen LogP contribution in [0.5, 0.6) is 0 Å². The van der Waals surface area contributed by atoms with Crippen LogP contribution in [0.25, 0.3) is 20.8 Å². The van der Waals surface area contributed by atoms with Gasteiger partial charge in [0.1, 0.15) is 5.82 Å². The van der Waals surface area contributed by atoms with Crippen molar-refractivity contribution in [1.29, 1.82) is 0 Å². The molecule has 0 radical (unpaired) electrons. The predicted octanol–water partition coefficient (Wildman–Crippen LogP) is 2.61. The second kappa shape index (κ2) is 5.40. The van der Waals surface area contributed by atoms with E-state index in [0.29, 0.717) is 12.4 Å². The van der Waals surface area contributed by atoms with Crippen LogP contribution in [0.1, 0.15) is 5.69 Å². The normalized spacial score (nSPS) is 11.2. The molecule has 0 aliphatic rings. The lowest BCUT2D eigenvalue weighted by molar-refractivity contribution is 0.912. The first kappa shape index (κ1) is 13.8. The van der Waals surface area contributed by atoms with Crippen molar-refractivity contribution in [2.75, 3.05) is 11.1 Å². The maximum atomic E-state index is 5.94. The number of pyridine rings is 1. The zero-order chi connectivity index (χ0) is 15.8. The van der Waals surface area contributed by atoms with Crippen LogP contribution < -0.4 is 11.1 Å². The molecule has 4 aromatic heterocycles. The maximum absolute atomic E-state index is 5.94. The molecule has 4 aromatic rings. The fourth-order valence-electron chi connectivity index (χ4n) is 2.44. The molecule has 23 heavy (non-hydrogen) atoms. The van der Waals surface area contributed by atoms with Gasteiger partial charge in [-0.25, -0.2) is 9.97 Å². The van der Waals surface area contributed by atoms with E-state index in [1.54, 1.807) is 23.9 Å². The Labute approximate surface area is 136 Å². The summed E-state index contributed by atoms with van der Waals surface area (Å²) >= 11 is 1.65. The van der Waals surface area contributed by atoms with Crippen LogP contribution in [0.2, 0.25) is 0 Å². The van der Waals surface area contributed by atoms with Crippen LogP contribution in [0.15, 0.2) is 36.9 Å². The fourth-order valence-corrected chi connectivity index (χ4v) is 3.51. The standard InChI is InChI=1S/C15H15N7S/c1-22-7-9(18-8-22)6-17-11-5-14(16)20-12-4-13(23-15(11)12)10-2-3-19-21-10/h2-5,7-8H,6H2,1H3,(H,19,21)(H3,16,17,20). The lowest BCUT2D eigenvalue weighted by Gasteiger charge is -2.06. The van der Waals surface area contributed by atoms with E-state index >= 15 is 0 Å². The molecule has 4 heterocycles. The number of aryl methyl sites for hydroxylation is 1. The smallest absolute Gasteiger partial charge is 0.126 e. The van der Waals surface area contributed by atoms with Crippen LogP contribution in [-0.2, 0) is 13.6 Å². The molecule has 0 aromatic carbocycles. The highest BCUT2D eigenvalue weighted by atomic mass is 32.1. The molecular weight excluding hydrogens is 310 g/mol. The second-order valence-corrected chi connectivity index (χ2v) is 6.33. The molecule has 0 atom stereocenters. The Bertz CT molecular complexity index is 952. The van der Waals surface area contributed by atoms with Crippen LogP contribution >= 0.6 is 11.3 Å². The molecule has 0 fully saturated rings. The SMILES string of the molecule is Cn1cnc(CNc2cc(N)nc3cc(-c4ccn[nH]4)sc23)c1. The minimum atomic E-state index is 0.495. The fraction of sp³-hybridized carbons (Fsp3) is 0.133. The lowest BCUT2D eigenvalue weighted by Crippen LogP contribution is -2.01. The van der Waals surface area contributed by atoms with Gasteiger partial charge in [-0.2, -0.15) is 5.10 Å². The molecule has 116 valence electrons. The van der Waals surface area contributed by atoms with Gasteiger partial charge in [-0.1, -0.05) is 0 Å². The number of nitrogen functional groups attached to an aromatic ring is 1. The van der Waals surface area contributed by atoms with E-state index in [1.165, 1.54) is 0 Å². The highest BCUT2D eigenvalue weighted by Crippen LogP contribution is 2.36. The summed E-state index contributed by atoms with van der Waals surface area (Å²) in [5.74, 6) is 0.495. The molecule has 8 heteroatoms. The van der Waals surface area contributed by atoms with Gasteiger partial charge >= 0.3 is 0 Å². The number of rotatable bonds is 4. The summed E-state index contributed by atoms with van der Waals surface area (Å²) in [4.78, 5) is 9.82. The quantitative estimate of drug-likeness (QED) is 0.536. The van der Waals surface area contributed by atoms with E-state index in [0.717, 1.165) is 32.2 Å². The van der Waals surface area contributed by atoms with Crippen LogP contribution in [0.3, 0.4) is 0 Å². The molecule has 7 nitrogen and oxygen atoms in total. The highest BCUT2D eigenvalue weighted by Gasteiger charge is 2.11. The Morgan fingerprint density at radius 1 is 1.39 bits per heavy atom. The van der Waals surface area contributed by atoms with Crippen molar-refractivity contribution in [3.8, 4) is 10.6 Å². The van der Waals surface area contributed by atoms with E-state index in [2.05, 4.69) is 25.5 Å². The minimum absolute atomic E-state index is 0.495. The maximum Gasteiger partial charge on any atom is 0.126 e. The first-order chi connectivity index (χ1) is 11.2. The summed E-state index contributed by atoms with van der Waals surface area (Å²) < 4.78 is 2.99. The van der Waals surface area contributed by atoms with Crippen LogP contribution in [-0.4, -0.2) is 24.7 Å². The number of anilines is 2. The van der Waals surface area contributed by atoms with Gasteiger partial charge in [0.05, 0.1) is 45.0 Å². The van der Waals surface area contributed by atoms with Crippen molar-refractivity contribution in [2.24, 2.45) is 7.05 Å². The number of aromatic amines is 1. The lowest BCUT2D eigenvalue weighted by atomic mass is 10.3.